The first-order valence-corrected chi connectivity index (χ1v) is 8.36. The number of oxime groups is 1. The molecule has 0 aromatic heterocycles. The van der Waals surface area contributed by atoms with Gasteiger partial charge in [0.05, 0.1) is 11.1 Å². The summed E-state index contributed by atoms with van der Waals surface area (Å²) in [6, 6.07) is 8.99. The molecule has 0 aliphatic heterocycles. The number of rotatable bonds is 7. The SMILES string of the molecule is C=NO/C(=C\C)c1cc(Cl)ccc1OC(C(=C)O)c1cccc(C(F)(F)F)c1. The van der Waals surface area contributed by atoms with Crippen molar-refractivity contribution >= 4 is 24.1 Å². The van der Waals surface area contributed by atoms with E-state index in [-0.39, 0.29) is 17.1 Å². The molecule has 0 amide bonds. The highest BCUT2D eigenvalue weighted by Crippen LogP contribution is 2.36. The minimum absolute atomic E-state index is 0.0769. The molecule has 4 nitrogen and oxygen atoms in total. The predicted molar refractivity (Wildman–Crippen MR) is 102 cm³/mol. The second-order valence-corrected chi connectivity index (χ2v) is 6.06. The number of aliphatic hydroxyl groups is 1. The molecule has 0 heterocycles. The predicted octanol–water partition coefficient (Wildman–Crippen LogP) is 6.54. The molecule has 0 aliphatic carbocycles. The molecule has 0 spiro atoms. The molecule has 28 heavy (non-hydrogen) atoms. The van der Waals surface area contributed by atoms with Gasteiger partial charge in [-0.25, -0.2) is 0 Å². The molecule has 1 unspecified atom stereocenters. The molecular formula is C20H17ClF3NO3. The molecule has 148 valence electrons. The van der Waals surface area contributed by atoms with Gasteiger partial charge in [0.1, 0.15) is 11.5 Å². The zero-order valence-corrected chi connectivity index (χ0v) is 15.6. The minimum atomic E-state index is -4.54. The molecule has 2 aromatic rings. The molecule has 0 bridgehead atoms. The second kappa shape index (κ2) is 8.84. The van der Waals surface area contributed by atoms with Crippen LogP contribution in [0.1, 0.15) is 29.7 Å². The van der Waals surface area contributed by atoms with E-state index < -0.39 is 23.6 Å². The van der Waals surface area contributed by atoms with E-state index in [1.807, 2.05) is 0 Å². The lowest BCUT2D eigenvalue weighted by atomic mass is 10.0. The van der Waals surface area contributed by atoms with Crippen LogP contribution < -0.4 is 4.74 Å². The molecule has 1 atom stereocenters. The van der Waals surface area contributed by atoms with Gasteiger partial charge in [-0.1, -0.05) is 35.5 Å². The van der Waals surface area contributed by atoms with Gasteiger partial charge in [0.15, 0.2) is 11.9 Å². The number of allylic oxidation sites excluding steroid dienone is 1. The van der Waals surface area contributed by atoms with Crippen molar-refractivity contribution in [3.8, 4) is 5.75 Å². The first kappa shape index (κ1) is 21.4. The van der Waals surface area contributed by atoms with E-state index in [1.165, 1.54) is 30.3 Å². The summed E-state index contributed by atoms with van der Waals surface area (Å²) >= 11 is 6.03. The standard InChI is InChI=1S/C20H17ClF3NO3/c1-4-17(28-25-3)16-11-15(21)8-9-18(16)27-19(12(2)26)13-6-5-7-14(10-13)20(22,23)24/h4-11,19,26H,2-3H2,1H3/b17-4-. The first-order chi connectivity index (χ1) is 13.2. The van der Waals surface area contributed by atoms with E-state index in [9.17, 15) is 18.3 Å². The number of halogens is 4. The van der Waals surface area contributed by atoms with Gasteiger partial charge in [-0.15, -0.1) is 0 Å². The van der Waals surface area contributed by atoms with Gasteiger partial charge < -0.3 is 14.7 Å². The van der Waals surface area contributed by atoms with Crippen LogP contribution in [0.15, 0.2) is 66.0 Å². The van der Waals surface area contributed by atoms with Crippen molar-refractivity contribution in [2.45, 2.75) is 19.2 Å². The van der Waals surface area contributed by atoms with Gasteiger partial charge in [0.2, 0.25) is 0 Å². The Labute approximate surface area is 165 Å². The van der Waals surface area contributed by atoms with E-state index in [0.29, 0.717) is 10.6 Å². The van der Waals surface area contributed by atoms with E-state index in [0.717, 1.165) is 12.1 Å². The topological polar surface area (TPSA) is 51.0 Å². The third kappa shape index (κ3) is 5.07. The van der Waals surface area contributed by atoms with Crippen LogP contribution in [-0.2, 0) is 11.0 Å². The number of aliphatic hydroxyl groups excluding tert-OH is 1. The Hall–Kier alpha value is -2.93. The van der Waals surface area contributed by atoms with Crippen molar-refractivity contribution in [1.29, 1.82) is 0 Å². The molecule has 0 fully saturated rings. The molecule has 2 rings (SSSR count). The van der Waals surface area contributed by atoms with Gasteiger partial charge in [-0.2, -0.15) is 13.2 Å². The summed E-state index contributed by atoms with van der Waals surface area (Å²) in [6.45, 7) is 8.35. The Morgan fingerprint density at radius 3 is 2.54 bits per heavy atom. The van der Waals surface area contributed by atoms with Crippen molar-refractivity contribution in [1.82, 2.24) is 0 Å². The summed E-state index contributed by atoms with van der Waals surface area (Å²) < 4.78 is 44.9. The number of nitrogens with zero attached hydrogens (tertiary/aromatic N) is 1. The quantitative estimate of drug-likeness (QED) is 0.319. The van der Waals surface area contributed by atoms with Crippen LogP contribution >= 0.6 is 11.6 Å². The lowest BCUT2D eigenvalue weighted by Crippen LogP contribution is -2.13. The van der Waals surface area contributed by atoms with Crippen LogP contribution in [-0.4, -0.2) is 11.8 Å². The van der Waals surface area contributed by atoms with Gasteiger partial charge in [-0.05, 0) is 43.3 Å². The fourth-order valence-corrected chi connectivity index (χ4v) is 2.63. The molecule has 8 heteroatoms. The van der Waals surface area contributed by atoms with Crippen molar-refractivity contribution in [2.24, 2.45) is 5.16 Å². The maximum atomic E-state index is 13.0. The maximum absolute atomic E-state index is 13.0. The lowest BCUT2D eigenvalue weighted by Gasteiger charge is -2.21. The number of benzene rings is 2. The number of hydrogen-bond donors (Lipinski definition) is 1. The number of hydrogen-bond acceptors (Lipinski definition) is 4. The Morgan fingerprint density at radius 2 is 1.96 bits per heavy atom. The summed E-state index contributed by atoms with van der Waals surface area (Å²) in [4.78, 5) is 5.09. The van der Waals surface area contributed by atoms with E-state index in [4.69, 9.17) is 21.2 Å². The molecule has 2 aromatic carbocycles. The molecule has 0 saturated heterocycles. The summed E-state index contributed by atoms with van der Waals surface area (Å²) in [6.07, 6.45) is -4.21. The average Bonchev–Trinajstić information content (AvgIpc) is 2.64. The average molecular weight is 412 g/mol. The van der Waals surface area contributed by atoms with Crippen LogP contribution in [0, 0.1) is 0 Å². The summed E-state index contributed by atoms with van der Waals surface area (Å²) in [5.41, 5.74) is -0.418. The van der Waals surface area contributed by atoms with Gasteiger partial charge in [-0.3, -0.25) is 0 Å². The molecular weight excluding hydrogens is 395 g/mol. The van der Waals surface area contributed by atoms with E-state index in [2.05, 4.69) is 18.5 Å². The normalized spacial score (nSPS) is 13.0. The van der Waals surface area contributed by atoms with Gasteiger partial charge in [0, 0.05) is 17.3 Å². The molecule has 0 radical (unpaired) electrons. The Balaban J connectivity index is 2.49. The number of alkyl halides is 3. The first-order valence-electron chi connectivity index (χ1n) is 7.98. The van der Waals surface area contributed by atoms with Crippen molar-refractivity contribution in [3.63, 3.8) is 0 Å². The summed E-state index contributed by atoms with van der Waals surface area (Å²) in [5, 5.41) is 13.7. The fourth-order valence-electron chi connectivity index (χ4n) is 2.46. The molecule has 0 aliphatic rings. The number of ether oxygens (including phenoxy) is 1. The Morgan fingerprint density at radius 1 is 1.25 bits per heavy atom. The van der Waals surface area contributed by atoms with E-state index in [1.54, 1.807) is 13.0 Å². The zero-order chi connectivity index (χ0) is 20.9. The van der Waals surface area contributed by atoms with Crippen molar-refractivity contribution in [2.75, 3.05) is 0 Å². The highest BCUT2D eigenvalue weighted by molar-refractivity contribution is 6.30. The molecule has 1 N–H and O–H groups in total. The van der Waals surface area contributed by atoms with Crippen LogP contribution in [0.5, 0.6) is 5.75 Å². The monoisotopic (exact) mass is 411 g/mol. The third-order valence-electron chi connectivity index (χ3n) is 3.70. The summed E-state index contributed by atoms with van der Waals surface area (Å²) in [5.74, 6) is -0.0115. The van der Waals surface area contributed by atoms with Gasteiger partial charge in [0.25, 0.3) is 0 Å². The Kier molecular flexibility index (Phi) is 6.75. The van der Waals surface area contributed by atoms with E-state index >= 15 is 0 Å². The second-order valence-electron chi connectivity index (χ2n) is 5.63. The van der Waals surface area contributed by atoms with Gasteiger partial charge >= 0.3 is 6.18 Å². The fraction of sp³-hybridized carbons (Fsp3) is 0.150. The minimum Gasteiger partial charge on any atom is -0.509 e. The zero-order valence-electron chi connectivity index (χ0n) is 14.8. The highest BCUT2D eigenvalue weighted by Gasteiger charge is 2.31. The van der Waals surface area contributed by atoms with Crippen LogP contribution in [0.25, 0.3) is 5.76 Å². The Bertz CT molecular complexity index is 910. The van der Waals surface area contributed by atoms with Crippen molar-refractivity contribution in [3.05, 3.63) is 82.6 Å². The largest absolute Gasteiger partial charge is 0.509 e. The molecule has 0 saturated carbocycles. The van der Waals surface area contributed by atoms with Crippen LogP contribution in [0.4, 0.5) is 13.2 Å². The van der Waals surface area contributed by atoms with Crippen molar-refractivity contribution < 1.29 is 27.9 Å². The van der Waals surface area contributed by atoms with Crippen LogP contribution in [0.3, 0.4) is 0 Å². The highest BCUT2D eigenvalue weighted by atomic mass is 35.5. The third-order valence-corrected chi connectivity index (χ3v) is 3.93. The lowest BCUT2D eigenvalue weighted by molar-refractivity contribution is -0.137. The van der Waals surface area contributed by atoms with Crippen LogP contribution in [0.2, 0.25) is 5.02 Å². The maximum Gasteiger partial charge on any atom is 0.416 e. The smallest absolute Gasteiger partial charge is 0.416 e. The summed E-state index contributed by atoms with van der Waals surface area (Å²) in [7, 11) is 0.